The molecule has 0 amide bonds. The summed E-state index contributed by atoms with van der Waals surface area (Å²) in [4.78, 5) is 7.17. The number of nitrogens with zero attached hydrogens (tertiary/aromatic N) is 2. The fourth-order valence-corrected chi connectivity index (χ4v) is 2.89. The lowest BCUT2D eigenvalue weighted by Gasteiger charge is -2.42. The predicted molar refractivity (Wildman–Crippen MR) is 80.1 cm³/mol. The van der Waals surface area contributed by atoms with Crippen molar-refractivity contribution in [2.24, 2.45) is 5.92 Å². The van der Waals surface area contributed by atoms with E-state index in [2.05, 4.69) is 49.0 Å². The summed E-state index contributed by atoms with van der Waals surface area (Å²) in [6.07, 6.45) is 3.11. The fourth-order valence-electron chi connectivity index (χ4n) is 2.89. The summed E-state index contributed by atoms with van der Waals surface area (Å²) in [5, 5.41) is 3.67. The molecule has 2 heterocycles. The van der Waals surface area contributed by atoms with Crippen molar-refractivity contribution < 1.29 is 0 Å². The molecule has 0 aliphatic carbocycles. The predicted octanol–water partition coefficient (Wildman–Crippen LogP) is 2.60. The molecule has 19 heavy (non-hydrogen) atoms. The molecule has 1 N–H and O–H groups in total. The van der Waals surface area contributed by atoms with Crippen LogP contribution < -0.4 is 5.32 Å². The molecule has 0 radical (unpaired) electrons. The smallest absolute Gasteiger partial charge is 0.0573 e. The van der Waals surface area contributed by atoms with Crippen LogP contribution in [0, 0.1) is 12.8 Å². The maximum atomic E-state index is 4.55. The zero-order valence-electron chi connectivity index (χ0n) is 12.7. The maximum absolute atomic E-state index is 4.55. The van der Waals surface area contributed by atoms with Crippen molar-refractivity contribution in [3.63, 3.8) is 0 Å². The van der Waals surface area contributed by atoms with Gasteiger partial charge < -0.3 is 5.32 Å². The summed E-state index contributed by atoms with van der Waals surface area (Å²) >= 11 is 0. The van der Waals surface area contributed by atoms with Crippen LogP contribution in [-0.4, -0.2) is 35.1 Å². The van der Waals surface area contributed by atoms with E-state index in [0.29, 0.717) is 18.0 Å². The first-order valence-corrected chi connectivity index (χ1v) is 7.49. The number of piperazine rings is 1. The zero-order chi connectivity index (χ0) is 13.8. The van der Waals surface area contributed by atoms with Gasteiger partial charge in [0.1, 0.15) is 0 Å². The number of hydrogen-bond acceptors (Lipinski definition) is 3. The summed E-state index contributed by atoms with van der Waals surface area (Å²) in [6, 6.07) is 5.42. The van der Waals surface area contributed by atoms with Gasteiger partial charge in [-0.05, 0) is 30.9 Å². The molecule has 106 valence electrons. The molecule has 1 aromatic heterocycles. The Morgan fingerprint density at radius 1 is 1.47 bits per heavy atom. The number of pyridine rings is 1. The first-order valence-electron chi connectivity index (χ1n) is 7.49. The molecule has 0 aromatic carbocycles. The minimum atomic E-state index is 0.615. The topological polar surface area (TPSA) is 28.2 Å². The van der Waals surface area contributed by atoms with E-state index in [9.17, 15) is 0 Å². The first kappa shape index (κ1) is 14.5. The minimum Gasteiger partial charge on any atom is -0.311 e. The molecule has 2 atom stereocenters. The Morgan fingerprint density at radius 2 is 2.26 bits per heavy atom. The SMILES string of the molecule is CCC1CN(Cc2ncccc2C)C(C(C)C)CN1. The van der Waals surface area contributed by atoms with Crippen LogP contribution in [0.5, 0.6) is 0 Å². The normalized spacial score (nSPS) is 24.9. The van der Waals surface area contributed by atoms with Gasteiger partial charge >= 0.3 is 0 Å². The third-order valence-corrected chi connectivity index (χ3v) is 4.27. The molecule has 3 heteroatoms. The van der Waals surface area contributed by atoms with Crippen LogP contribution in [0.1, 0.15) is 38.4 Å². The lowest BCUT2D eigenvalue weighted by Crippen LogP contribution is -2.57. The van der Waals surface area contributed by atoms with Crippen molar-refractivity contribution in [1.29, 1.82) is 0 Å². The van der Waals surface area contributed by atoms with E-state index < -0.39 is 0 Å². The third-order valence-electron chi connectivity index (χ3n) is 4.27. The number of rotatable bonds is 4. The molecule has 1 aliphatic heterocycles. The van der Waals surface area contributed by atoms with Crippen LogP contribution in [0.3, 0.4) is 0 Å². The lowest BCUT2D eigenvalue weighted by molar-refractivity contribution is 0.0886. The molecule has 0 bridgehead atoms. The van der Waals surface area contributed by atoms with Gasteiger partial charge in [0.25, 0.3) is 0 Å². The molecule has 2 rings (SSSR count). The molecule has 1 aliphatic rings. The van der Waals surface area contributed by atoms with Gasteiger partial charge in [-0.3, -0.25) is 9.88 Å². The fraction of sp³-hybridized carbons (Fsp3) is 0.688. The van der Waals surface area contributed by atoms with Gasteiger partial charge in [0.15, 0.2) is 0 Å². The highest BCUT2D eigenvalue weighted by Crippen LogP contribution is 2.19. The number of aryl methyl sites for hydroxylation is 1. The summed E-state index contributed by atoms with van der Waals surface area (Å²) < 4.78 is 0. The van der Waals surface area contributed by atoms with Gasteiger partial charge in [-0.2, -0.15) is 0 Å². The molecule has 0 saturated carbocycles. The number of aromatic nitrogens is 1. The molecule has 2 unspecified atom stereocenters. The molecule has 0 spiro atoms. The van der Waals surface area contributed by atoms with Gasteiger partial charge in [-0.1, -0.05) is 26.8 Å². The van der Waals surface area contributed by atoms with Crippen LogP contribution in [0.4, 0.5) is 0 Å². The van der Waals surface area contributed by atoms with E-state index in [0.717, 1.165) is 19.6 Å². The summed E-state index contributed by atoms with van der Waals surface area (Å²) in [7, 11) is 0. The van der Waals surface area contributed by atoms with Crippen molar-refractivity contribution >= 4 is 0 Å². The highest BCUT2D eigenvalue weighted by atomic mass is 15.2. The average Bonchev–Trinajstić information content (AvgIpc) is 2.41. The highest BCUT2D eigenvalue weighted by Gasteiger charge is 2.29. The molecular formula is C16H27N3. The maximum Gasteiger partial charge on any atom is 0.0573 e. The van der Waals surface area contributed by atoms with Crippen molar-refractivity contribution in [1.82, 2.24) is 15.2 Å². The second-order valence-corrected chi connectivity index (χ2v) is 6.02. The van der Waals surface area contributed by atoms with Gasteiger partial charge in [-0.25, -0.2) is 0 Å². The Balaban J connectivity index is 2.11. The quantitative estimate of drug-likeness (QED) is 0.903. The summed E-state index contributed by atoms with van der Waals surface area (Å²) in [5.74, 6) is 0.675. The third kappa shape index (κ3) is 3.54. The Labute approximate surface area is 117 Å². The van der Waals surface area contributed by atoms with Crippen molar-refractivity contribution in [2.75, 3.05) is 13.1 Å². The Hall–Kier alpha value is -0.930. The standard InChI is InChI=1S/C16H27N3/c1-5-14-10-19(16(9-18-14)12(2)3)11-15-13(4)7-6-8-17-15/h6-8,12,14,16,18H,5,9-11H2,1-4H3. The summed E-state index contributed by atoms with van der Waals surface area (Å²) in [6.45, 7) is 12.3. The second kappa shape index (κ2) is 6.49. The van der Waals surface area contributed by atoms with Crippen LogP contribution in [-0.2, 0) is 6.54 Å². The van der Waals surface area contributed by atoms with Crippen molar-refractivity contribution in [3.8, 4) is 0 Å². The van der Waals surface area contributed by atoms with Crippen LogP contribution >= 0.6 is 0 Å². The largest absolute Gasteiger partial charge is 0.311 e. The lowest BCUT2D eigenvalue weighted by atomic mass is 9.97. The van der Waals surface area contributed by atoms with E-state index in [1.807, 2.05) is 12.3 Å². The Morgan fingerprint density at radius 3 is 2.89 bits per heavy atom. The van der Waals surface area contributed by atoms with Gasteiger partial charge in [0, 0.05) is 37.9 Å². The molecule has 1 saturated heterocycles. The number of hydrogen-bond donors (Lipinski definition) is 1. The Bertz CT molecular complexity index is 403. The van der Waals surface area contributed by atoms with E-state index in [1.165, 1.54) is 17.7 Å². The molecule has 3 nitrogen and oxygen atoms in total. The minimum absolute atomic E-state index is 0.615. The molecule has 1 fully saturated rings. The number of nitrogens with one attached hydrogen (secondary N) is 1. The highest BCUT2D eigenvalue weighted by molar-refractivity contribution is 5.17. The molecule has 1 aromatic rings. The van der Waals surface area contributed by atoms with E-state index in [-0.39, 0.29) is 0 Å². The van der Waals surface area contributed by atoms with Crippen molar-refractivity contribution in [3.05, 3.63) is 29.6 Å². The Kier molecular flexibility index (Phi) is 4.94. The van der Waals surface area contributed by atoms with Gasteiger partial charge in [0.2, 0.25) is 0 Å². The van der Waals surface area contributed by atoms with Crippen LogP contribution in [0.2, 0.25) is 0 Å². The van der Waals surface area contributed by atoms with E-state index >= 15 is 0 Å². The van der Waals surface area contributed by atoms with Crippen LogP contribution in [0.15, 0.2) is 18.3 Å². The molecular weight excluding hydrogens is 234 g/mol. The summed E-state index contributed by atoms with van der Waals surface area (Å²) in [5.41, 5.74) is 2.53. The first-order chi connectivity index (χ1) is 9.11. The second-order valence-electron chi connectivity index (χ2n) is 6.02. The average molecular weight is 261 g/mol. The van der Waals surface area contributed by atoms with Crippen LogP contribution in [0.25, 0.3) is 0 Å². The van der Waals surface area contributed by atoms with E-state index in [4.69, 9.17) is 0 Å². The van der Waals surface area contributed by atoms with Gasteiger partial charge in [-0.15, -0.1) is 0 Å². The van der Waals surface area contributed by atoms with E-state index in [1.54, 1.807) is 0 Å². The monoisotopic (exact) mass is 261 g/mol. The zero-order valence-corrected chi connectivity index (χ0v) is 12.7. The van der Waals surface area contributed by atoms with Gasteiger partial charge in [0.05, 0.1) is 5.69 Å². The van der Waals surface area contributed by atoms with Crippen molar-refractivity contribution in [2.45, 2.75) is 52.7 Å².